The summed E-state index contributed by atoms with van der Waals surface area (Å²) in [5, 5.41) is 18.6. The molecule has 160 valence electrons. The van der Waals surface area contributed by atoms with Gasteiger partial charge in [-0.3, -0.25) is 4.79 Å². The Labute approximate surface area is 185 Å². The molecule has 31 heavy (non-hydrogen) atoms. The minimum absolute atomic E-state index is 0.0604. The topological polar surface area (TPSA) is 64.3 Å². The number of hydrogen-bond acceptors (Lipinski definition) is 5. The van der Waals surface area contributed by atoms with Gasteiger partial charge in [-0.15, -0.1) is 11.3 Å². The van der Waals surface area contributed by atoms with E-state index in [0.717, 1.165) is 32.8 Å². The van der Waals surface area contributed by atoms with Gasteiger partial charge in [0.15, 0.2) is 0 Å². The van der Waals surface area contributed by atoms with Crippen LogP contribution in [-0.4, -0.2) is 27.6 Å². The SMILES string of the molecule is Cc1ccc(C(C)C)c(OC[C@@H](O)Cn2nc(-c3cccs3)c3ccccc3c2=O)c1. The fraction of sp³-hybridized carbons (Fsp3) is 0.280. The molecule has 0 spiro atoms. The van der Waals surface area contributed by atoms with Crippen LogP contribution in [-0.2, 0) is 6.54 Å². The van der Waals surface area contributed by atoms with Crippen LogP contribution in [0.15, 0.2) is 64.8 Å². The molecule has 5 nitrogen and oxygen atoms in total. The number of hydrogen-bond donors (Lipinski definition) is 1. The van der Waals surface area contributed by atoms with Crippen LogP contribution in [0.1, 0.15) is 30.9 Å². The van der Waals surface area contributed by atoms with Crippen LogP contribution in [0.3, 0.4) is 0 Å². The Morgan fingerprint density at radius 1 is 1.10 bits per heavy atom. The molecule has 2 heterocycles. The van der Waals surface area contributed by atoms with Crippen molar-refractivity contribution >= 4 is 22.1 Å². The first kappa shape index (κ1) is 21.3. The van der Waals surface area contributed by atoms with Crippen molar-refractivity contribution in [3.05, 3.63) is 81.5 Å². The third-order valence-electron chi connectivity index (χ3n) is 5.23. The van der Waals surface area contributed by atoms with Crippen LogP contribution in [0, 0.1) is 6.92 Å². The van der Waals surface area contributed by atoms with E-state index >= 15 is 0 Å². The Hall–Kier alpha value is -2.96. The van der Waals surface area contributed by atoms with Gasteiger partial charge in [-0.1, -0.05) is 50.2 Å². The van der Waals surface area contributed by atoms with Crippen molar-refractivity contribution in [2.75, 3.05) is 6.61 Å². The Bertz CT molecular complexity index is 1250. The number of aliphatic hydroxyl groups is 1. The summed E-state index contributed by atoms with van der Waals surface area (Å²) in [4.78, 5) is 14.0. The molecule has 4 rings (SSSR count). The first-order valence-corrected chi connectivity index (χ1v) is 11.3. The smallest absolute Gasteiger partial charge is 0.274 e. The average Bonchev–Trinajstić information content (AvgIpc) is 3.29. The summed E-state index contributed by atoms with van der Waals surface area (Å²) in [5.41, 5.74) is 2.73. The lowest BCUT2D eigenvalue weighted by Crippen LogP contribution is -2.32. The highest BCUT2D eigenvalue weighted by Gasteiger charge is 2.16. The molecular weight excluding hydrogens is 408 g/mol. The molecule has 0 saturated heterocycles. The third kappa shape index (κ3) is 4.55. The molecule has 0 unspecified atom stereocenters. The minimum atomic E-state index is -0.872. The van der Waals surface area contributed by atoms with Crippen LogP contribution < -0.4 is 10.3 Å². The minimum Gasteiger partial charge on any atom is -0.491 e. The molecule has 0 bridgehead atoms. The number of nitrogens with zero attached hydrogens (tertiary/aromatic N) is 2. The molecule has 6 heteroatoms. The number of aryl methyl sites for hydroxylation is 1. The molecule has 0 fully saturated rings. The predicted octanol–water partition coefficient (Wildman–Crippen LogP) is 5.00. The molecule has 0 amide bonds. The van der Waals surface area contributed by atoms with Crippen molar-refractivity contribution in [3.8, 4) is 16.3 Å². The maximum absolute atomic E-state index is 13.0. The van der Waals surface area contributed by atoms with E-state index in [1.54, 1.807) is 17.4 Å². The van der Waals surface area contributed by atoms with Gasteiger partial charge in [0.2, 0.25) is 0 Å². The normalized spacial score (nSPS) is 12.4. The van der Waals surface area contributed by atoms with E-state index in [4.69, 9.17) is 4.74 Å². The number of fused-ring (bicyclic) bond motifs is 1. The highest BCUT2D eigenvalue weighted by atomic mass is 32.1. The monoisotopic (exact) mass is 434 g/mol. The van der Waals surface area contributed by atoms with E-state index in [1.165, 1.54) is 4.68 Å². The van der Waals surface area contributed by atoms with E-state index in [9.17, 15) is 9.90 Å². The fourth-order valence-electron chi connectivity index (χ4n) is 3.64. The Morgan fingerprint density at radius 3 is 2.58 bits per heavy atom. The molecule has 0 radical (unpaired) electrons. The number of benzene rings is 2. The van der Waals surface area contributed by atoms with E-state index in [2.05, 4.69) is 31.1 Å². The van der Waals surface area contributed by atoms with Crippen molar-refractivity contribution in [2.45, 2.75) is 39.3 Å². The van der Waals surface area contributed by atoms with Gasteiger partial charge in [-0.25, -0.2) is 4.68 Å². The molecule has 2 aromatic heterocycles. The zero-order valence-corrected chi connectivity index (χ0v) is 18.7. The first-order chi connectivity index (χ1) is 14.9. The van der Waals surface area contributed by atoms with Gasteiger partial charge in [0, 0.05) is 5.39 Å². The molecule has 2 aromatic carbocycles. The first-order valence-electron chi connectivity index (χ1n) is 10.4. The molecule has 1 N–H and O–H groups in total. The molecule has 0 saturated carbocycles. The second kappa shape index (κ2) is 9.04. The van der Waals surface area contributed by atoms with Crippen molar-refractivity contribution in [1.82, 2.24) is 9.78 Å². The van der Waals surface area contributed by atoms with E-state index in [-0.39, 0.29) is 18.7 Å². The lowest BCUT2D eigenvalue weighted by molar-refractivity contribution is 0.0876. The summed E-state index contributed by atoms with van der Waals surface area (Å²) < 4.78 is 7.30. The molecule has 0 aliphatic carbocycles. The van der Waals surface area contributed by atoms with Crippen molar-refractivity contribution < 1.29 is 9.84 Å². The number of aliphatic hydroxyl groups excluding tert-OH is 1. The molecule has 1 atom stereocenters. The number of rotatable bonds is 7. The van der Waals surface area contributed by atoms with Crippen LogP contribution in [0.25, 0.3) is 21.3 Å². The van der Waals surface area contributed by atoms with Crippen molar-refractivity contribution in [1.29, 1.82) is 0 Å². The molecular formula is C25H26N2O3S. The predicted molar refractivity (Wildman–Crippen MR) is 126 cm³/mol. The summed E-state index contributed by atoms with van der Waals surface area (Å²) in [6, 6.07) is 17.5. The Balaban J connectivity index is 1.60. The summed E-state index contributed by atoms with van der Waals surface area (Å²) in [6.45, 7) is 6.37. The van der Waals surface area contributed by atoms with Crippen LogP contribution in [0.5, 0.6) is 5.75 Å². The Kier molecular flexibility index (Phi) is 6.20. The highest BCUT2D eigenvalue weighted by Crippen LogP contribution is 2.29. The van der Waals surface area contributed by atoms with Crippen molar-refractivity contribution in [3.63, 3.8) is 0 Å². The summed E-state index contributed by atoms with van der Waals surface area (Å²) in [6.07, 6.45) is -0.872. The average molecular weight is 435 g/mol. The van der Waals surface area contributed by atoms with Crippen molar-refractivity contribution in [2.24, 2.45) is 0 Å². The van der Waals surface area contributed by atoms with Crippen LogP contribution in [0.4, 0.5) is 0 Å². The van der Waals surface area contributed by atoms with Crippen LogP contribution >= 0.6 is 11.3 Å². The maximum Gasteiger partial charge on any atom is 0.274 e. The lowest BCUT2D eigenvalue weighted by atomic mass is 10.0. The van der Waals surface area contributed by atoms with Gasteiger partial charge < -0.3 is 9.84 Å². The molecule has 4 aromatic rings. The summed E-state index contributed by atoms with van der Waals surface area (Å²) in [7, 11) is 0. The van der Waals surface area contributed by atoms with Gasteiger partial charge >= 0.3 is 0 Å². The summed E-state index contributed by atoms with van der Waals surface area (Å²) in [5.74, 6) is 1.08. The van der Waals surface area contributed by atoms with E-state index in [0.29, 0.717) is 11.3 Å². The second-order valence-corrected chi connectivity index (χ2v) is 8.97. The number of ether oxygens (including phenoxy) is 1. The van der Waals surface area contributed by atoms with Gasteiger partial charge in [-0.2, -0.15) is 5.10 Å². The zero-order chi connectivity index (χ0) is 22.0. The number of aromatic nitrogens is 2. The van der Waals surface area contributed by atoms with Gasteiger partial charge in [0.05, 0.1) is 16.8 Å². The molecule has 0 aliphatic heterocycles. The Morgan fingerprint density at radius 2 is 1.87 bits per heavy atom. The maximum atomic E-state index is 13.0. The fourth-order valence-corrected chi connectivity index (χ4v) is 4.36. The third-order valence-corrected chi connectivity index (χ3v) is 6.10. The van der Waals surface area contributed by atoms with Crippen LogP contribution in [0.2, 0.25) is 0 Å². The van der Waals surface area contributed by atoms with Gasteiger partial charge in [0.1, 0.15) is 24.2 Å². The zero-order valence-electron chi connectivity index (χ0n) is 17.9. The highest BCUT2D eigenvalue weighted by molar-refractivity contribution is 7.13. The van der Waals surface area contributed by atoms with E-state index in [1.807, 2.05) is 48.7 Å². The second-order valence-electron chi connectivity index (χ2n) is 8.02. The number of thiophene rings is 1. The quantitative estimate of drug-likeness (QED) is 0.445. The lowest BCUT2D eigenvalue weighted by Gasteiger charge is -2.18. The molecule has 0 aliphatic rings. The summed E-state index contributed by atoms with van der Waals surface area (Å²) >= 11 is 1.57. The van der Waals surface area contributed by atoms with E-state index < -0.39 is 6.10 Å². The van der Waals surface area contributed by atoms with Gasteiger partial charge in [-0.05, 0) is 47.5 Å². The van der Waals surface area contributed by atoms with Gasteiger partial charge in [0.25, 0.3) is 5.56 Å². The largest absolute Gasteiger partial charge is 0.491 e. The standard InChI is InChI=1S/C25H26N2O3S/c1-16(2)19-11-10-17(3)13-22(19)30-15-18(28)14-27-25(29)21-8-5-4-7-20(21)24(26-27)23-9-6-12-31-23/h4-13,16,18,28H,14-15H2,1-3H3/t18-/m0/s1.